The summed E-state index contributed by atoms with van der Waals surface area (Å²) in [5.74, 6) is 0.953. The molecule has 108 valence electrons. The van der Waals surface area contributed by atoms with E-state index in [9.17, 15) is 4.39 Å². The lowest BCUT2D eigenvalue weighted by atomic mass is 10.1. The molecule has 0 fully saturated rings. The maximum Gasteiger partial charge on any atom is 0.130 e. The summed E-state index contributed by atoms with van der Waals surface area (Å²) in [6, 6.07) is 4.91. The van der Waals surface area contributed by atoms with Crippen LogP contribution in [0.1, 0.15) is 19.4 Å². The first kappa shape index (κ1) is 15.9. The van der Waals surface area contributed by atoms with Crippen molar-refractivity contribution in [1.82, 2.24) is 5.32 Å². The first-order valence-corrected chi connectivity index (χ1v) is 6.74. The summed E-state index contributed by atoms with van der Waals surface area (Å²) in [7, 11) is 1.53. The van der Waals surface area contributed by atoms with Crippen LogP contribution in [0.25, 0.3) is 0 Å². The van der Waals surface area contributed by atoms with Gasteiger partial charge in [0, 0.05) is 12.6 Å². The van der Waals surface area contributed by atoms with Crippen molar-refractivity contribution in [3.8, 4) is 5.75 Å². The molecule has 0 radical (unpaired) electrons. The first-order valence-electron chi connectivity index (χ1n) is 6.74. The topological polar surface area (TPSA) is 30.5 Å². The Morgan fingerprint density at radius 1 is 1.26 bits per heavy atom. The minimum Gasteiger partial charge on any atom is -0.497 e. The Labute approximate surface area is 115 Å². The molecule has 0 saturated carbocycles. The molecule has 1 N–H and O–H groups in total. The van der Waals surface area contributed by atoms with Crippen molar-refractivity contribution in [3.63, 3.8) is 0 Å². The molecule has 0 bridgehead atoms. The van der Waals surface area contributed by atoms with Gasteiger partial charge in [-0.1, -0.05) is 19.9 Å². The molecule has 0 aromatic heterocycles. The van der Waals surface area contributed by atoms with Crippen LogP contribution in [-0.4, -0.2) is 33.4 Å². The second-order valence-corrected chi connectivity index (χ2v) is 4.92. The smallest absolute Gasteiger partial charge is 0.130 e. The summed E-state index contributed by atoms with van der Waals surface area (Å²) in [6.07, 6.45) is 0.583. The monoisotopic (exact) mass is 269 g/mol. The molecular formula is C15H24FNO2. The Hall–Kier alpha value is -1.13. The minimum atomic E-state index is -0.235. The zero-order valence-electron chi connectivity index (χ0n) is 12.0. The van der Waals surface area contributed by atoms with Gasteiger partial charge in [-0.3, -0.25) is 0 Å². The number of methoxy groups -OCH3 is 1. The maximum atomic E-state index is 13.6. The molecule has 1 rings (SSSR count). The van der Waals surface area contributed by atoms with Gasteiger partial charge >= 0.3 is 0 Å². The van der Waals surface area contributed by atoms with E-state index in [-0.39, 0.29) is 5.82 Å². The van der Waals surface area contributed by atoms with Gasteiger partial charge in [0.15, 0.2) is 0 Å². The van der Waals surface area contributed by atoms with Crippen molar-refractivity contribution in [2.45, 2.75) is 20.3 Å². The van der Waals surface area contributed by atoms with E-state index in [0.717, 1.165) is 13.1 Å². The molecule has 3 nitrogen and oxygen atoms in total. The molecule has 1 aromatic carbocycles. The Bertz CT molecular complexity index is 369. The third-order valence-corrected chi connectivity index (χ3v) is 2.75. The van der Waals surface area contributed by atoms with Gasteiger partial charge in [-0.25, -0.2) is 4.39 Å². The average Bonchev–Trinajstić information content (AvgIpc) is 2.38. The van der Waals surface area contributed by atoms with Crippen LogP contribution in [0.4, 0.5) is 4.39 Å². The molecule has 0 aliphatic heterocycles. The van der Waals surface area contributed by atoms with Crippen LogP contribution < -0.4 is 10.1 Å². The highest BCUT2D eigenvalue weighted by molar-refractivity contribution is 5.28. The number of hydrogen-bond acceptors (Lipinski definition) is 3. The number of benzene rings is 1. The second kappa shape index (κ2) is 8.88. The Kier molecular flexibility index (Phi) is 7.45. The van der Waals surface area contributed by atoms with E-state index in [4.69, 9.17) is 9.47 Å². The molecule has 0 unspecified atom stereocenters. The largest absolute Gasteiger partial charge is 0.497 e. The summed E-state index contributed by atoms with van der Waals surface area (Å²) in [4.78, 5) is 0. The molecule has 1 aromatic rings. The van der Waals surface area contributed by atoms with E-state index in [1.807, 2.05) is 0 Å². The molecule has 0 atom stereocenters. The van der Waals surface area contributed by atoms with E-state index >= 15 is 0 Å². The van der Waals surface area contributed by atoms with Crippen LogP contribution >= 0.6 is 0 Å². The Morgan fingerprint density at radius 3 is 2.68 bits per heavy atom. The Balaban J connectivity index is 2.15. The van der Waals surface area contributed by atoms with E-state index in [1.54, 1.807) is 12.1 Å². The zero-order valence-corrected chi connectivity index (χ0v) is 12.0. The lowest BCUT2D eigenvalue weighted by Gasteiger charge is -2.09. The quantitative estimate of drug-likeness (QED) is 0.699. The van der Waals surface area contributed by atoms with Gasteiger partial charge in [0.25, 0.3) is 0 Å². The van der Waals surface area contributed by atoms with E-state index in [1.165, 1.54) is 13.2 Å². The number of rotatable bonds is 9. The van der Waals surface area contributed by atoms with Crippen molar-refractivity contribution in [2.75, 3.05) is 33.4 Å². The van der Waals surface area contributed by atoms with Gasteiger partial charge in [0.1, 0.15) is 11.6 Å². The SMILES string of the molecule is COc1ccc(CCOCCNCC(C)C)c(F)c1. The lowest BCUT2D eigenvalue weighted by Crippen LogP contribution is -2.24. The lowest BCUT2D eigenvalue weighted by molar-refractivity contribution is 0.138. The van der Waals surface area contributed by atoms with Crippen molar-refractivity contribution in [3.05, 3.63) is 29.6 Å². The van der Waals surface area contributed by atoms with E-state index in [2.05, 4.69) is 19.2 Å². The third-order valence-electron chi connectivity index (χ3n) is 2.75. The van der Waals surface area contributed by atoms with Crippen LogP contribution in [0.3, 0.4) is 0 Å². The van der Waals surface area contributed by atoms with Gasteiger partial charge in [-0.15, -0.1) is 0 Å². The first-order chi connectivity index (χ1) is 9.13. The molecule has 0 heterocycles. The van der Waals surface area contributed by atoms with Gasteiger partial charge in [0.2, 0.25) is 0 Å². The normalized spacial score (nSPS) is 11.0. The summed E-state index contributed by atoms with van der Waals surface area (Å²) in [5, 5.41) is 3.29. The second-order valence-electron chi connectivity index (χ2n) is 4.92. The van der Waals surface area contributed by atoms with Gasteiger partial charge in [-0.05, 0) is 30.5 Å². The highest BCUT2D eigenvalue weighted by Gasteiger charge is 2.03. The zero-order chi connectivity index (χ0) is 14.1. The highest BCUT2D eigenvalue weighted by Crippen LogP contribution is 2.16. The highest BCUT2D eigenvalue weighted by atomic mass is 19.1. The number of ether oxygens (including phenoxy) is 2. The molecular weight excluding hydrogens is 245 g/mol. The van der Waals surface area contributed by atoms with Crippen LogP contribution in [0, 0.1) is 11.7 Å². The van der Waals surface area contributed by atoms with E-state index < -0.39 is 0 Å². The van der Waals surface area contributed by atoms with Crippen LogP contribution in [0.5, 0.6) is 5.75 Å². The van der Waals surface area contributed by atoms with Crippen molar-refractivity contribution < 1.29 is 13.9 Å². The number of nitrogens with one attached hydrogen (secondary N) is 1. The van der Waals surface area contributed by atoms with Gasteiger partial charge < -0.3 is 14.8 Å². The van der Waals surface area contributed by atoms with Crippen LogP contribution in [0.15, 0.2) is 18.2 Å². The van der Waals surface area contributed by atoms with Crippen LogP contribution in [-0.2, 0) is 11.2 Å². The van der Waals surface area contributed by atoms with Crippen molar-refractivity contribution >= 4 is 0 Å². The fourth-order valence-electron chi connectivity index (χ4n) is 1.68. The van der Waals surface area contributed by atoms with E-state index in [0.29, 0.717) is 36.9 Å². The van der Waals surface area contributed by atoms with Gasteiger partial charge in [-0.2, -0.15) is 0 Å². The number of halogens is 1. The predicted molar refractivity (Wildman–Crippen MR) is 75.2 cm³/mol. The third kappa shape index (κ3) is 6.55. The Morgan fingerprint density at radius 2 is 2.05 bits per heavy atom. The molecule has 19 heavy (non-hydrogen) atoms. The summed E-state index contributed by atoms with van der Waals surface area (Å²) in [5.41, 5.74) is 0.663. The standard InChI is InChI=1S/C15H24FNO2/c1-12(2)11-17-7-9-19-8-6-13-4-5-14(18-3)10-15(13)16/h4-5,10,12,17H,6-9,11H2,1-3H3. The molecule has 0 aliphatic carbocycles. The minimum absolute atomic E-state index is 0.235. The number of hydrogen-bond donors (Lipinski definition) is 1. The molecule has 0 aliphatic rings. The fourth-order valence-corrected chi connectivity index (χ4v) is 1.68. The van der Waals surface area contributed by atoms with Crippen molar-refractivity contribution in [2.24, 2.45) is 5.92 Å². The maximum absolute atomic E-state index is 13.6. The van der Waals surface area contributed by atoms with Crippen molar-refractivity contribution in [1.29, 1.82) is 0 Å². The molecule has 4 heteroatoms. The summed E-state index contributed by atoms with van der Waals surface area (Å²) in [6.45, 7) is 7.36. The van der Waals surface area contributed by atoms with Gasteiger partial charge in [0.05, 0.1) is 20.3 Å². The average molecular weight is 269 g/mol. The summed E-state index contributed by atoms with van der Waals surface area (Å²) < 4.78 is 24.0. The van der Waals surface area contributed by atoms with Crippen LogP contribution in [0.2, 0.25) is 0 Å². The molecule has 0 amide bonds. The predicted octanol–water partition coefficient (Wildman–Crippen LogP) is 2.64. The molecule has 0 saturated heterocycles. The summed E-state index contributed by atoms with van der Waals surface area (Å²) >= 11 is 0. The fraction of sp³-hybridized carbons (Fsp3) is 0.600. The molecule has 0 spiro atoms.